The van der Waals surface area contributed by atoms with E-state index in [1.807, 2.05) is 0 Å². The van der Waals surface area contributed by atoms with Gasteiger partial charge in [0.2, 0.25) is 0 Å². The molecule has 0 aliphatic carbocycles. The van der Waals surface area contributed by atoms with Gasteiger partial charge in [-0.1, -0.05) is 128 Å². The zero-order valence-electron chi connectivity index (χ0n) is 34.7. The molecule has 4 N–H and O–H groups in total. The lowest BCUT2D eigenvalue weighted by Gasteiger charge is -2.40. The van der Waals surface area contributed by atoms with Gasteiger partial charge in [0.25, 0.3) is 10.1 Å². The Morgan fingerprint density at radius 2 is 1.02 bits per heavy atom. The molecule has 12 nitrogen and oxygen atoms in total. The van der Waals surface area contributed by atoms with Gasteiger partial charge in [0.1, 0.15) is 36.8 Å². The number of esters is 2. The Morgan fingerprint density at radius 1 is 0.589 bits per heavy atom. The average molecular weight is 819 g/mol. The number of rotatable bonds is 36. The number of carbonyl (C=O) groups excluding carboxylic acids is 2. The summed E-state index contributed by atoms with van der Waals surface area (Å²) in [5, 5.41) is 30.8. The maximum atomic E-state index is 12.8. The molecule has 0 spiro atoms. The van der Waals surface area contributed by atoms with Crippen LogP contribution in [0.3, 0.4) is 0 Å². The normalized spacial score (nSPS) is 20.9. The number of hydrogen-bond donors (Lipinski definition) is 4. The molecule has 1 heterocycles. The molecule has 328 valence electrons. The van der Waals surface area contributed by atoms with Crippen LogP contribution in [0.5, 0.6) is 0 Å². The first-order chi connectivity index (χ1) is 27.0. The second-order valence-corrected chi connectivity index (χ2v) is 16.9. The van der Waals surface area contributed by atoms with Crippen molar-refractivity contribution in [1.29, 1.82) is 0 Å². The number of aliphatic hydroxyl groups excluding tert-OH is 3. The number of allylic oxidation sites excluding steroid dienone is 4. The first-order valence-electron chi connectivity index (χ1n) is 21.9. The van der Waals surface area contributed by atoms with Gasteiger partial charge >= 0.3 is 11.9 Å². The first-order valence-corrected chi connectivity index (χ1v) is 23.5. The highest BCUT2D eigenvalue weighted by atomic mass is 32.2. The molecule has 1 aliphatic heterocycles. The molecule has 6 atom stereocenters. The van der Waals surface area contributed by atoms with Crippen LogP contribution in [0.2, 0.25) is 0 Å². The summed E-state index contributed by atoms with van der Waals surface area (Å²) in [4.78, 5) is 25.3. The van der Waals surface area contributed by atoms with E-state index in [1.165, 1.54) is 70.6 Å². The summed E-state index contributed by atoms with van der Waals surface area (Å²) in [7, 11) is -4.60. The maximum absolute atomic E-state index is 12.8. The van der Waals surface area contributed by atoms with Gasteiger partial charge < -0.3 is 34.3 Å². The molecule has 0 aromatic rings. The number of unbranched alkanes of at least 4 members (excludes halogenated alkanes) is 20. The smallest absolute Gasteiger partial charge is 0.306 e. The van der Waals surface area contributed by atoms with E-state index in [2.05, 4.69) is 38.2 Å². The summed E-state index contributed by atoms with van der Waals surface area (Å²) in [6.45, 7) is 3.71. The average Bonchev–Trinajstić information content (AvgIpc) is 3.16. The van der Waals surface area contributed by atoms with E-state index in [4.69, 9.17) is 18.9 Å². The van der Waals surface area contributed by atoms with Crippen molar-refractivity contribution >= 4 is 22.1 Å². The van der Waals surface area contributed by atoms with Crippen molar-refractivity contribution in [2.24, 2.45) is 0 Å². The second-order valence-electron chi connectivity index (χ2n) is 15.4. The Morgan fingerprint density at radius 3 is 1.48 bits per heavy atom. The third-order valence-electron chi connectivity index (χ3n) is 10.0. The zero-order chi connectivity index (χ0) is 41.3. The third kappa shape index (κ3) is 28.5. The summed E-state index contributed by atoms with van der Waals surface area (Å²) in [6.07, 6.45) is 26.5. The lowest BCUT2D eigenvalue weighted by molar-refractivity contribution is -0.297. The predicted molar refractivity (Wildman–Crippen MR) is 220 cm³/mol. The van der Waals surface area contributed by atoms with Crippen molar-refractivity contribution in [3.63, 3.8) is 0 Å². The van der Waals surface area contributed by atoms with Crippen LogP contribution in [-0.4, -0.2) is 96.0 Å². The second kappa shape index (κ2) is 34.0. The van der Waals surface area contributed by atoms with Crippen LogP contribution in [-0.2, 0) is 38.7 Å². The maximum Gasteiger partial charge on any atom is 0.306 e. The molecule has 0 saturated carbocycles. The largest absolute Gasteiger partial charge is 0.462 e. The highest BCUT2D eigenvalue weighted by Gasteiger charge is 2.46. The SMILES string of the molecule is CCCCCC/C=C/CCCCCCCCCC(=O)O[C@H](COC(=O)CCCCCCC/C=C/CCCCCC)CO[C@H]1O[C@H](CS(=O)(=O)O)[C@@H](O)C(O)C1O. The predicted octanol–water partition coefficient (Wildman–Crippen LogP) is 8.45. The Bertz CT molecular complexity index is 1140. The summed E-state index contributed by atoms with van der Waals surface area (Å²) < 4.78 is 54.0. The number of hydrogen-bond acceptors (Lipinski definition) is 11. The fraction of sp³-hybridized carbons (Fsp3) is 0.860. The number of ether oxygens (including phenoxy) is 4. The Labute approximate surface area is 338 Å². The van der Waals surface area contributed by atoms with Gasteiger partial charge in [-0.15, -0.1) is 0 Å². The van der Waals surface area contributed by atoms with Gasteiger partial charge in [0.05, 0.1) is 6.61 Å². The van der Waals surface area contributed by atoms with E-state index in [0.29, 0.717) is 12.8 Å². The molecule has 0 bridgehead atoms. The molecule has 0 aromatic carbocycles. The summed E-state index contributed by atoms with van der Waals surface area (Å²) in [6, 6.07) is 0. The van der Waals surface area contributed by atoms with Crippen LogP contribution in [0, 0.1) is 0 Å². The minimum Gasteiger partial charge on any atom is -0.462 e. The molecule has 1 fully saturated rings. The van der Waals surface area contributed by atoms with Gasteiger partial charge in [0, 0.05) is 12.8 Å². The summed E-state index contributed by atoms with van der Waals surface area (Å²) in [5.41, 5.74) is 0. The van der Waals surface area contributed by atoms with Crippen LogP contribution in [0.25, 0.3) is 0 Å². The van der Waals surface area contributed by atoms with Gasteiger partial charge in [-0.05, 0) is 64.2 Å². The molecule has 1 aliphatic rings. The Kier molecular flexibility index (Phi) is 31.7. The quantitative estimate of drug-likeness (QED) is 0.0205. The Hall–Kier alpha value is -1.87. The highest BCUT2D eigenvalue weighted by molar-refractivity contribution is 7.85. The molecule has 1 saturated heterocycles. The van der Waals surface area contributed by atoms with E-state index in [1.54, 1.807) is 0 Å². The fourth-order valence-electron chi connectivity index (χ4n) is 6.55. The van der Waals surface area contributed by atoms with Crippen LogP contribution >= 0.6 is 0 Å². The lowest BCUT2D eigenvalue weighted by Crippen LogP contribution is -2.60. The van der Waals surface area contributed by atoms with E-state index in [-0.39, 0.29) is 19.4 Å². The third-order valence-corrected chi connectivity index (χ3v) is 10.8. The van der Waals surface area contributed by atoms with Crippen LogP contribution in [0.1, 0.15) is 181 Å². The van der Waals surface area contributed by atoms with E-state index in [9.17, 15) is 37.9 Å². The summed E-state index contributed by atoms with van der Waals surface area (Å²) in [5.74, 6) is -2.00. The highest BCUT2D eigenvalue weighted by Crippen LogP contribution is 2.24. The molecule has 13 heteroatoms. The topological polar surface area (TPSA) is 186 Å². The van der Waals surface area contributed by atoms with Gasteiger partial charge in [-0.2, -0.15) is 8.42 Å². The van der Waals surface area contributed by atoms with E-state index >= 15 is 0 Å². The Balaban J connectivity index is 2.47. The molecule has 2 unspecified atom stereocenters. The molecular formula is C43H78O12S. The lowest BCUT2D eigenvalue weighted by atomic mass is 10.00. The minimum atomic E-state index is -4.60. The van der Waals surface area contributed by atoms with E-state index in [0.717, 1.165) is 70.6 Å². The van der Waals surface area contributed by atoms with Crippen LogP contribution in [0.15, 0.2) is 24.3 Å². The van der Waals surface area contributed by atoms with Crippen molar-refractivity contribution < 1.29 is 56.8 Å². The van der Waals surface area contributed by atoms with Crippen molar-refractivity contribution in [3.05, 3.63) is 24.3 Å². The monoisotopic (exact) mass is 819 g/mol. The fourth-order valence-corrected chi connectivity index (χ4v) is 7.24. The molecule has 0 amide bonds. The molecule has 56 heavy (non-hydrogen) atoms. The molecule has 0 aromatic heterocycles. The number of aliphatic hydroxyl groups is 3. The first kappa shape index (κ1) is 52.1. The van der Waals surface area contributed by atoms with Gasteiger partial charge in [-0.3, -0.25) is 14.1 Å². The van der Waals surface area contributed by atoms with Crippen LogP contribution in [0.4, 0.5) is 0 Å². The molecule has 0 radical (unpaired) electrons. The van der Waals surface area contributed by atoms with Crippen molar-refractivity contribution in [2.45, 2.75) is 218 Å². The van der Waals surface area contributed by atoms with Crippen molar-refractivity contribution in [2.75, 3.05) is 19.0 Å². The van der Waals surface area contributed by atoms with Gasteiger partial charge in [-0.25, -0.2) is 0 Å². The van der Waals surface area contributed by atoms with Crippen LogP contribution < -0.4 is 0 Å². The molecule has 1 rings (SSSR count). The summed E-state index contributed by atoms with van der Waals surface area (Å²) >= 11 is 0. The number of carbonyl (C=O) groups is 2. The zero-order valence-corrected chi connectivity index (χ0v) is 35.6. The standard InChI is InChI=1S/C43H78O12S/c1-3-5-7-9-11-13-15-17-18-20-22-24-26-28-30-32-39(45)54-36(34-53-43-42(48)41(47)40(46)37(55-43)35-56(49,50)51)33-52-38(44)31-29-27-25-23-21-19-16-14-12-10-8-6-4-2/h13-16,36-37,40-43,46-48H,3-12,17-35H2,1-2H3,(H,49,50,51)/b15-13+,16-14+/t36-,37-,40-,41?,42?,43+/m1/s1. The van der Waals surface area contributed by atoms with E-state index < -0.39 is 71.2 Å². The van der Waals surface area contributed by atoms with Crippen molar-refractivity contribution in [3.8, 4) is 0 Å². The minimum absolute atomic E-state index is 0.159. The molecular weight excluding hydrogens is 741 g/mol. The van der Waals surface area contributed by atoms with Gasteiger partial charge in [0.15, 0.2) is 12.4 Å². The van der Waals surface area contributed by atoms with Crippen molar-refractivity contribution in [1.82, 2.24) is 0 Å².